The Balaban J connectivity index is 1.88. The van der Waals surface area contributed by atoms with E-state index in [1.54, 1.807) is 11.1 Å². The molecular formula is C20H22N2. The number of fused-ring (bicyclic) bond motifs is 2. The first-order chi connectivity index (χ1) is 10.9. The summed E-state index contributed by atoms with van der Waals surface area (Å²) in [6.45, 7) is 0.896. The average molecular weight is 290 g/mol. The third kappa shape index (κ3) is 2.24. The molecule has 2 heteroatoms. The van der Waals surface area contributed by atoms with E-state index in [1.807, 2.05) is 7.05 Å². The smallest absolute Gasteiger partial charge is 0.0501 e. The number of nitrogens with one attached hydrogen (secondary N) is 1. The molecule has 0 atom stereocenters. The third-order valence-electron chi connectivity index (χ3n) is 4.81. The molecule has 2 nitrogen and oxygen atoms in total. The van der Waals surface area contributed by atoms with E-state index in [0.29, 0.717) is 0 Å². The standard InChI is InChI=1S/C20H22N2/c1-21-13-18-19(14-22-11-5-4-8-20(18)22)17-10-9-15-6-2-3-7-16(15)12-17/h4-5,8-12,14,21H,2-3,6-7,13H2,1H3. The average Bonchev–Trinajstić information content (AvgIpc) is 2.94. The molecule has 1 aromatic carbocycles. The van der Waals surface area contributed by atoms with Crippen LogP contribution in [0.4, 0.5) is 0 Å². The first kappa shape index (κ1) is 13.6. The highest BCUT2D eigenvalue weighted by Gasteiger charge is 2.14. The van der Waals surface area contributed by atoms with Gasteiger partial charge in [-0.25, -0.2) is 0 Å². The topological polar surface area (TPSA) is 16.4 Å². The molecule has 2 heterocycles. The van der Waals surface area contributed by atoms with Crippen LogP contribution in [0.25, 0.3) is 16.6 Å². The van der Waals surface area contributed by atoms with E-state index >= 15 is 0 Å². The molecule has 0 unspecified atom stereocenters. The van der Waals surface area contributed by atoms with E-state index in [4.69, 9.17) is 0 Å². The lowest BCUT2D eigenvalue weighted by atomic mass is 9.89. The fourth-order valence-electron chi connectivity index (χ4n) is 3.69. The van der Waals surface area contributed by atoms with Gasteiger partial charge in [-0.3, -0.25) is 0 Å². The van der Waals surface area contributed by atoms with E-state index < -0.39 is 0 Å². The van der Waals surface area contributed by atoms with Crippen molar-refractivity contribution in [3.63, 3.8) is 0 Å². The minimum absolute atomic E-state index is 0.896. The van der Waals surface area contributed by atoms with Gasteiger partial charge in [-0.05, 0) is 67.1 Å². The highest BCUT2D eigenvalue weighted by atomic mass is 14.9. The fraction of sp³-hybridized carbons (Fsp3) is 0.300. The van der Waals surface area contributed by atoms with Crippen LogP contribution in [0.15, 0.2) is 48.8 Å². The van der Waals surface area contributed by atoms with Gasteiger partial charge < -0.3 is 9.72 Å². The maximum absolute atomic E-state index is 3.32. The first-order valence-electron chi connectivity index (χ1n) is 8.22. The lowest BCUT2D eigenvalue weighted by Crippen LogP contribution is -2.06. The lowest BCUT2D eigenvalue weighted by molar-refractivity contribution is 0.686. The Labute approximate surface area is 131 Å². The van der Waals surface area contributed by atoms with Crippen LogP contribution in [0.1, 0.15) is 29.5 Å². The normalized spacial score (nSPS) is 14.2. The fourth-order valence-corrected chi connectivity index (χ4v) is 3.69. The van der Waals surface area contributed by atoms with Crippen molar-refractivity contribution in [1.82, 2.24) is 9.72 Å². The van der Waals surface area contributed by atoms with Crippen LogP contribution >= 0.6 is 0 Å². The molecule has 0 spiro atoms. The summed E-state index contributed by atoms with van der Waals surface area (Å²) in [7, 11) is 2.02. The molecular weight excluding hydrogens is 268 g/mol. The summed E-state index contributed by atoms with van der Waals surface area (Å²) in [6.07, 6.45) is 9.56. The van der Waals surface area contributed by atoms with Gasteiger partial charge in [-0.1, -0.05) is 24.3 Å². The van der Waals surface area contributed by atoms with Crippen LogP contribution in [0, 0.1) is 0 Å². The first-order valence-corrected chi connectivity index (χ1v) is 8.22. The maximum atomic E-state index is 3.32. The molecule has 1 aliphatic carbocycles. The highest BCUT2D eigenvalue weighted by Crippen LogP contribution is 2.32. The van der Waals surface area contributed by atoms with Crippen molar-refractivity contribution in [3.8, 4) is 11.1 Å². The number of hydrogen-bond acceptors (Lipinski definition) is 1. The second-order valence-corrected chi connectivity index (χ2v) is 6.24. The number of benzene rings is 1. The Bertz CT molecular complexity index is 814. The van der Waals surface area contributed by atoms with Gasteiger partial charge in [0.25, 0.3) is 0 Å². The quantitative estimate of drug-likeness (QED) is 0.764. The van der Waals surface area contributed by atoms with E-state index in [-0.39, 0.29) is 0 Å². The molecule has 3 aromatic rings. The number of hydrogen-bond donors (Lipinski definition) is 1. The number of aromatic nitrogens is 1. The van der Waals surface area contributed by atoms with Crippen molar-refractivity contribution in [2.75, 3.05) is 7.05 Å². The predicted molar refractivity (Wildman–Crippen MR) is 92.2 cm³/mol. The minimum Gasteiger partial charge on any atom is -0.323 e. The van der Waals surface area contributed by atoms with Crippen LogP contribution in [0.5, 0.6) is 0 Å². The molecule has 2 aromatic heterocycles. The van der Waals surface area contributed by atoms with Crippen LogP contribution in [-0.4, -0.2) is 11.4 Å². The Kier molecular flexibility index (Phi) is 3.47. The molecule has 0 amide bonds. The van der Waals surface area contributed by atoms with Crippen molar-refractivity contribution >= 4 is 5.52 Å². The van der Waals surface area contributed by atoms with Crippen molar-refractivity contribution in [2.24, 2.45) is 0 Å². The summed E-state index contributed by atoms with van der Waals surface area (Å²) in [5.74, 6) is 0. The summed E-state index contributed by atoms with van der Waals surface area (Å²) in [5.41, 5.74) is 8.50. The van der Waals surface area contributed by atoms with E-state index in [0.717, 1.165) is 6.54 Å². The van der Waals surface area contributed by atoms with Crippen LogP contribution < -0.4 is 5.32 Å². The molecule has 1 aliphatic rings. The predicted octanol–water partition coefficient (Wildman–Crippen LogP) is 4.20. The van der Waals surface area contributed by atoms with Gasteiger partial charge in [-0.2, -0.15) is 0 Å². The monoisotopic (exact) mass is 290 g/mol. The van der Waals surface area contributed by atoms with Gasteiger partial charge >= 0.3 is 0 Å². The number of rotatable bonds is 3. The number of pyridine rings is 1. The summed E-state index contributed by atoms with van der Waals surface area (Å²) < 4.78 is 2.24. The van der Waals surface area contributed by atoms with E-state index in [2.05, 4.69) is 58.5 Å². The lowest BCUT2D eigenvalue weighted by Gasteiger charge is -2.16. The van der Waals surface area contributed by atoms with Crippen LogP contribution in [0.2, 0.25) is 0 Å². The zero-order valence-corrected chi connectivity index (χ0v) is 13.1. The largest absolute Gasteiger partial charge is 0.323 e. The summed E-state index contributed by atoms with van der Waals surface area (Å²) in [5, 5.41) is 3.32. The summed E-state index contributed by atoms with van der Waals surface area (Å²) in [6, 6.07) is 13.5. The molecule has 0 fully saturated rings. The van der Waals surface area contributed by atoms with Gasteiger partial charge in [0.05, 0.1) is 5.52 Å². The van der Waals surface area contributed by atoms with Gasteiger partial charge in [0.1, 0.15) is 0 Å². The second-order valence-electron chi connectivity index (χ2n) is 6.24. The third-order valence-corrected chi connectivity index (χ3v) is 4.81. The molecule has 0 bridgehead atoms. The molecule has 4 rings (SSSR count). The van der Waals surface area contributed by atoms with Gasteiger partial charge in [0, 0.05) is 24.5 Å². The molecule has 0 saturated heterocycles. The zero-order chi connectivity index (χ0) is 14.9. The molecule has 0 saturated carbocycles. The molecule has 112 valence electrons. The second kappa shape index (κ2) is 5.62. The van der Waals surface area contributed by atoms with Crippen molar-refractivity contribution in [3.05, 3.63) is 65.5 Å². The summed E-state index contributed by atoms with van der Waals surface area (Å²) >= 11 is 0. The zero-order valence-electron chi connectivity index (χ0n) is 13.1. The maximum Gasteiger partial charge on any atom is 0.0501 e. The number of aryl methyl sites for hydroxylation is 2. The Hall–Kier alpha value is -2.06. The van der Waals surface area contributed by atoms with Crippen LogP contribution in [-0.2, 0) is 19.4 Å². The molecule has 1 N–H and O–H groups in total. The van der Waals surface area contributed by atoms with Gasteiger partial charge in [0.2, 0.25) is 0 Å². The van der Waals surface area contributed by atoms with E-state index in [1.165, 1.54) is 47.9 Å². The van der Waals surface area contributed by atoms with E-state index in [9.17, 15) is 0 Å². The Morgan fingerprint density at radius 1 is 1.05 bits per heavy atom. The summed E-state index contributed by atoms with van der Waals surface area (Å²) in [4.78, 5) is 0. The van der Waals surface area contributed by atoms with Crippen molar-refractivity contribution < 1.29 is 0 Å². The molecule has 0 aliphatic heterocycles. The Morgan fingerprint density at radius 2 is 1.91 bits per heavy atom. The minimum atomic E-state index is 0.896. The Morgan fingerprint density at radius 3 is 2.77 bits per heavy atom. The van der Waals surface area contributed by atoms with Crippen LogP contribution in [0.3, 0.4) is 0 Å². The molecule has 22 heavy (non-hydrogen) atoms. The van der Waals surface area contributed by atoms with Gasteiger partial charge in [0.15, 0.2) is 0 Å². The molecule has 0 radical (unpaired) electrons. The number of nitrogens with zero attached hydrogens (tertiary/aromatic N) is 1. The van der Waals surface area contributed by atoms with Crippen molar-refractivity contribution in [2.45, 2.75) is 32.2 Å². The van der Waals surface area contributed by atoms with Crippen molar-refractivity contribution in [1.29, 1.82) is 0 Å². The SMILES string of the molecule is CNCc1c(-c2ccc3c(c2)CCCC3)cn2ccccc12. The van der Waals surface area contributed by atoms with Gasteiger partial charge in [-0.15, -0.1) is 0 Å². The highest BCUT2D eigenvalue weighted by molar-refractivity contribution is 5.77.